The molecule has 0 spiro atoms. The van der Waals surface area contributed by atoms with Gasteiger partial charge >= 0.3 is 0 Å². The Balaban J connectivity index is 1.39. The number of hydrogen-bond donors (Lipinski definition) is 2. The number of ether oxygens (including phenoxy) is 1. The summed E-state index contributed by atoms with van der Waals surface area (Å²) in [6.07, 6.45) is 0.906. The summed E-state index contributed by atoms with van der Waals surface area (Å²) in [6.45, 7) is 9.77. The predicted molar refractivity (Wildman–Crippen MR) is 119 cm³/mol. The van der Waals surface area contributed by atoms with Crippen LogP contribution in [0.3, 0.4) is 0 Å². The number of anilines is 1. The Morgan fingerprint density at radius 2 is 1.87 bits per heavy atom. The number of nitrogens with zero attached hydrogens (tertiary/aromatic N) is 3. The molecule has 0 radical (unpaired) electrons. The van der Waals surface area contributed by atoms with Crippen LogP contribution in [0.15, 0.2) is 34.9 Å². The molecule has 0 saturated carbocycles. The molecule has 31 heavy (non-hydrogen) atoms. The highest BCUT2D eigenvalue weighted by molar-refractivity contribution is 6.30. The zero-order chi connectivity index (χ0) is 22.2. The Labute approximate surface area is 188 Å². The van der Waals surface area contributed by atoms with Crippen molar-refractivity contribution in [1.82, 2.24) is 14.8 Å². The van der Waals surface area contributed by atoms with Gasteiger partial charge in [0, 0.05) is 50.0 Å². The first-order chi connectivity index (χ1) is 14.9. The van der Waals surface area contributed by atoms with Gasteiger partial charge in [-0.05, 0) is 30.2 Å². The topological polar surface area (TPSA) is 91.1 Å². The van der Waals surface area contributed by atoms with E-state index in [1.54, 1.807) is 24.3 Å². The number of piperazine rings is 1. The third kappa shape index (κ3) is 7.90. The highest BCUT2D eigenvalue weighted by Crippen LogP contribution is 2.15. The Hall–Kier alpha value is -1.97. The first-order valence-electron chi connectivity index (χ1n) is 10.6. The summed E-state index contributed by atoms with van der Waals surface area (Å²) < 4.78 is 11.0. The van der Waals surface area contributed by atoms with Crippen LogP contribution in [-0.2, 0) is 11.3 Å². The number of aliphatic hydroxyl groups is 1. The third-order valence-corrected chi connectivity index (χ3v) is 5.19. The molecule has 9 heteroatoms. The molecule has 8 nitrogen and oxygen atoms in total. The fourth-order valence-corrected chi connectivity index (χ4v) is 3.45. The van der Waals surface area contributed by atoms with Gasteiger partial charge in [0.25, 0.3) is 5.91 Å². The zero-order valence-electron chi connectivity index (χ0n) is 18.1. The van der Waals surface area contributed by atoms with E-state index >= 15 is 0 Å². The summed E-state index contributed by atoms with van der Waals surface area (Å²) in [5, 5.41) is 13.5. The lowest BCUT2D eigenvalue weighted by molar-refractivity contribution is -0.000850. The van der Waals surface area contributed by atoms with Crippen molar-refractivity contribution in [3.8, 4) is 0 Å². The Kier molecular flexibility index (Phi) is 8.86. The van der Waals surface area contributed by atoms with E-state index in [1.165, 1.54) is 6.26 Å². The number of hydrogen-bond acceptors (Lipinski definition) is 7. The fraction of sp³-hybridized carbons (Fsp3) is 0.545. The Morgan fingerprint density at radius 1 is 1.19 bits per heavy atom. The first-order valence-corrected chi connectivity index (χ1v) is 11.0. The summed E-state index contributed by atoms with van der Waals surface area (Å²) in [4.78, 5) is 21.1. The van der Waals surface area contributed by atoms with Crippen LogP contribution in [0.4, 0.5) is 5.69 Å². The van der Waals surface area contributed by atoms with E-state index in [-0.39, 0.29) is 11.6 Å². The van der Waals surface area contributed by atoms with Gasteiger partial charge in [0.05, 0.1) is 19.3 Å². The van der Waals surface area contributed by atoms with E-state index in [4.69, 9.17) is 20.8 Å². The van der Waals surface area contributed by atoms with Crippen LogP contribution >= 0.6 is 11.6 Å². The molecule has 2 N–H and O–H groups in total. The second-order valence-electron chi connectivity index (χ2n) is 8.25. The van der Waals surface area contributed by atoms with Gasteiger partial charge in [0.2, 0.25) is 5.89 Å². The number of carbonyl (C=O) groups is 1. The minimum atomic E-state index is -0.473. The molecule has 0 aliphatic carbocycles. The standard InChI is InChI=1S/C22H31ClN4O4/c1-16(2)13-30-14-19(28)11-26-7-9-27(10-8-26)12-21-25-20(15-31-21)22(29)24-18-5-3-17(23)4-6-18/h3-6,15-16,19,28H,7-14H2,1-2H3,(H,24,29). The summed E-state index contributed by atoms with van der Waals surface area (Å²) in [6, 6.07) is 6.88. The van der Waals surface area contributed by atoms with Crippen molar-refractivity contribution in [2.45, 2.75) is 26.5 Å². The molecule has 170 valence electrons. The maximum Gasteiger partial charge on any atom is 0.277 e. The number of aromatic nitrogens is 1. The van der Waals surface area contributed by atoms with Crippen molar-refractivity contribution >= 4 is 23.2 Å². The number of aliphatic hydroxyl groups excluding tert-OH is 1. The van der Waals surface area contributed by atoms with E-state index in [9.17, 15) is 9.90 Å². The molecule has 0 bridgehead atoms. The minimum Gasteiger partial charge on any atom is -0.447 e. The smallest absolute Gasteiger partial charge is 0.277 e. The average molecular weight is 451 g/mol. The number of rotatable bonds is 10. The van der Waals surface area contributed by atoms with E-state index in [1.807, 2.05) is 0 Å². The molecule has 1 unspecified atom stereocenters. The molecule has 1 atom stereocenters. The predicted octanol–water partition coefficient (Wildman–Crippen LogP) is 2.73. The van der Waals surface area contributed by atoms with Crippen molar-refractivity contribution in [2.24, 2.45) is 5.92 Å². The van der Waals surface area contributed by atoms with Crippen LogP contribution in [0, 0.1) is 5.92 Å². The monoisotopic (exact) mass is 450 g/mol. The Morgan fingerprint density at radius 3 is 2.55 bits per heavy atom. The lowest BCUT2D eigenvalue weighted by Crippen LogP contribution is -2.48. The number of benzene rings is 1. The van der Waals surface area contributed by atoms with Crippen LogP contribution in [0.1, 0.15) is 30.2 Å². The molecular weight excluding hydrogens is 420 g/mol. The van der Waals surface area contributed by atoms with Crippen LogP contribution in [-0.4, -0.2) is 77.8 Å². The van der Waals surface area contributed by atoms with Crippen molar-refractivity contribution in [3.63, 3.8) is 0 Å². The first kappa shape index (κ1) is 23.7. The molecule has 2 aromatic rings. The van der Waals surface area contributed by atoms with Gasteiger partial charge in [-0.2, -0.15) is 0 Å². The Bertz CT molecular complexity index is 819. The zero-order valence-corrected chi connectivity index (χ0v) is 18.8. The highest BCUT2D eigenvalue weighted by atomic mass is 35.5. The maximum absolute atomic E-state index is 12.3. The van der Waals surface area contributed by atoms with Crippen molar-refractivity contribution in [1.29, 1.82) is 0 Å². The number of halogens is 1. The van der Waals surface area contributed by atoms with Crippen molar-refractivity contribution in [3.05, 3.63) is 47.1 Å². The van der Waals surface area contributed by atoms with Gasteiger partial charge < -0.3 is 19.6 Å². The van der Waals surface area contributed by atoms with Gasteiger partial charge in [0.1, 0.15) is 6.26 Å². The number of nitrogens with one attached hydrogen (secondary N) is 1. The van der Waals surface area contributed by atoms with E-state index in [0.717, 1.165) is 26.2 Å². The lowest BCUT2D eigenvalue weighted by Gasteiger charge is -2.34. The number of oxazole rings is 1. The fourth-order valence-electron chi connectivity index (χ4n) is 3.33. The molecule has 1 aromatic heterocycles. The summed E-state index contributed by atoms with van der Waals surface area (Å²) in [5.41, 5.74) is 0.889. The summed E-state index contributed by atoms with van der Waals surface area (Å²) in [7, 11) is 0. The van der Waals surface area contributed by atoms with Crippen LogP contribution in [0.5, 0.6) is 0 Å². The molecule has 1 amide bonds. The third-order valence-electron chi connectivity index (χ3n) is 4.94. The second kappa shape index (κ2) is 11.6. The maximum atomic E-state index is 12.3. The average Bonchev–Trinajstić information content (AvgIpc) is 3.19. The number of β-amino-alcohol motifs (C(OH)–C–C–N with tert-alkyl or cyclic N) is 1. The van der Waals surface area contributed by atoms with Gasteiger partial charge in [-0.1, -0.05) is 25.4 Å². The van der Waals surface area contributed by atoms with Crippen molar-refractivity contribution < 1.29 is 19.1 Å². The SMILES string of the molecule is CC(C)COCC(O)CN1CCN(Cc2nc(C(=O)Nc3ccc(Cl)cc3)co2)CC1. The molecule has 1 aromatic carbocycles. The van der Waals surface area contributed by atoms with Crippen LogP contribution in [0.2, 0.25) is 5.02 Å². The van der Waals surface area contributed by atoms with Gasteiger partial charge in [0.15, 0.2) is 5.69 Å². The number of amides is 1. The second-order valence-corrected chi connectivity index (χ2v) is 8.69. The largest absolute Gasteiger partial charge is 0.447 e. The van der Waals surface area contributed by atoms with Crippen LogP contribution in [0.25, 0.3) is 0 Å². The summed E-state index contributed by atoms with van der Waals surface area (Å²) in [5.74, 6) is 0.655. The van der Waals surface area contributed by atoms with Crippen molar-refractivity contribution in [2.75, 3.05) is 51.3 Å². The van der Waals surface area contributed by atoms with E-state index < -0.39 is 6.10 Å². The molecule has 1 aliphatic rings. The molecule has 2 heterocycles. The lowest BCUT2D eigenvalue weighted by atomic mass is 10.2. The quantitative estimate of drug-likeness (QED) is 0.575. The van der Waals surface area contributed by atoms with Crippen LogP contribution < -0.4 is 5.32 Å². The minimum absolute atomic E-state index is 0.244. The highest BCUT2D eigenvalue weighted by Gasteiger charge is 2.21. The summed E-state index contributed by atoms with van der Waals surface area (Å²) >= 11 is 5.86. The normalized spacial score (nSPS) is 16.5. The van der Waals surface area contributed by atoms with E-state index in [0.29, 0.717) is 48.8 Å². The molecule has 1 saturated heterocycles. The molecule has 3 rings (SSSR count). The van der Waals surface area contributed by atoms with Gasteiger partial charge in [-0.15, -0.1) is 0 Å². The number of carbonyl (C=O) groups excluding carboxylic acids is 1. The van der Waals surface area contributed by atoms with Gasteiger partial charge in [-0.25, -0.2) is 4.98 Å². The molecule has 1 aliphatic heterocycles. The molecular formula is C22H31ClN4O4. The molecule has 1 fully saturated rings. The van der Waals surface area contributed by atoms with Gasteiger partial charge in [-0.3, -0.25) is 14.6 Å². The van der Waals surface area contributed by atoms with E-state index in [2.05, 4.69) is 33.9 Å².